The first-order valence-corrected chi connectivity index (χ1v) is 23.5. The average Bonchev–Trinajstić information content (AvgIpc) is 4.08. The van der Waals surface area contributed by atoms with Gasteiger partial charge in [-0.2, -0.15) is 0 Å². The van der Waals surface area contributed by atoms with Gasteiger partial charge in [0.25, 0.3) is 11.8 Å². The minimum atomic E-state index is -0.755. The first-order valence-electron chi connectivity index (χ1n) is 23.5. The maximum atomic E-state index is 13.5. The second-order valence-corrected chi connectivity index (χ2v) is 19.4. The Hall–Kier alpha value is -6.40. The Kier molecular flexibility index (Phi) is 10.7. The van der Waals surface area contributed by atoms with Crippen LogP contribution in [0, 0.1) is 11.8 Å². The molecule has 2 saturated heterocycles. The molecule has 4 aromatic rings. The lowest BCUT2D eigenvalue weighted by atomic mass is 9.93. The van der Waals surface area contributed by atoms with Crippen LogP contribution >= 0.6 is 0 Å². The number of fused-ring (bicyclic) bond motifs is 6. The van der Waals surface area contributed by atoms with E-state index in [1.54, 1.807) is 12.4 Å². The largest absolute Gasteiger partial charge is 0.377 e. The molecule has 66 heavy (non-hydrogen) atoms. The highest BCUT2D eigenvalue weighted by Crippen LogP contribution is 2.45. The van der Waals surface area contributed by atoms with Crippen molar-refractivity contribution >= 4 is 58.3 Å². The van der Waals surface area contributed by atoms with Gasteiger partial charge in [0.15, 0.2) is 23.3 Å². The van der Waals surface area contributed by atoms with Crippen LogP contribution in [0.2, 0.25) is 0 Å². The molecule has 18 nitrogen and oxygen atoms in total. The molecule has 352 valence electrons. The first-order chi connectivity index (χ1) is 32.0. The summed E-state index contributed by atoms with van der Waals surface area (Å²) in [5.41, 5.74) is 3.20. The smallest absolute Gasteiger partial charge is 0.319 e. The van der Waals surface area contributed by atoms with Gasteiger partial charge < -0.3 is 50.3 Å². The number of hydrogen-bond acceptors (Lipinski definition) is 12. The Morgan fingerprint density at radius 1 is 0.621 bits per heavy atom. The number of rotatable bonds is 10. The Morgan fingerprint density at radius 3 is 1.38 bits per heavy atom. The lowest BCUT2D eigenvalue weighted by Crippen LogP contribution is -2.67. The summed E-state index contributed by atoms with van der Waals surface area (Å²) in [6, 6.07) is 15.3. The molecule has 4 saturated carbocycles. The molecule has 4 aliphatic carbocycles. The molecule has 0 radical (unpaired) electrons. The summed E-state index contributed by atoms with van der Waals surface area (Å²) >= 11 is 0. The molecule has 4 N–H and O–H groups in total. The van der Waals surface area contributed by atoms with Gasteiger partial charge in [-0.05, 0) is 126 Å². The van der Waals surface area contributed by atoms with Crippen molar-refractivity contribution in [1.82, 2.24) is 30.6 Å². The first kappa shape index (κ1) is 42.2. The number of ether oxygens (including phenoxy) is 2. The number of nitrogens with one attached hydrogen (secondary N) is 4. The van der Waals surface area contributed by atoms with Crippen molar-refractivity contribution in [3.63, 3.8) is 0 Å². The number of aromatic nitrogens is 4. The maximum Gasteiger partial charge on any atom is 0.319 e. The maximum absolute atomic E-state index is 13.5. The van der Waals surface area contributed by atoms with Crippen molar-refractivity contribution in [2.45, 2.75) is 88.4 Å². The van der Waals surface area contributed by atoms with Gasteiger partial charge in [-0.3, -0.25) is 9.59 Å². The van der Waals surface area contributed by atoms with E-state index in [4.69, 9.17) is 19.4 Å². The summed E-state index contributed by atoms with van der Waals surface area (Å²) in [6.45, 7) is 8.39. The van der Waals surface area contributed by atoms with Crippen molar-refractivity contribution in [1.29, 1.82) is 0 Å². The van der Waals surface area contributed by atoms with E-state index in [0.29, 0.717) is 88.2 Å². The van der Waals surface area contributed by atoms with Gasteiger partial charge in [0.2, 0.25) is 0 Å². The van der Waals surface area contributed by atoms with Crippen molar-refractivity contribution in [3.8, 4) is 22.8 Å². The van der Waals surface area contributed by atoms with E-state index >= 15 is 0 Å². The van der Waals surface area contributed by atoms with Crippen LogP contribution in [0.3, 0.4) is 0 Å². The summed E-state index contributed by atoms with van der Waals surface area (Å²) in [4.78, 5) is 77.9. The van der Waals surface area contributed by atoms with Crippen LogP contribution in [0.1, 0.15) is 70.9 Å². The van der Waals surface area contributed by atoms with Crippen LogP contribution in [0.25, 0.3) is 22.8 Å². The van der Waals surface area contributed by atoms with Crippen molar-refractivity contribution in [2.75, 3.05) is 82.8 Å². The van der Waals surface area contributed by atoms with E-state index in [1.165, 1.54) is 0 Å². The third kappa shape index (κ3) is 8.47. The zero-order valence-corrected chi connectivity index (χ0v) is 37.4. The van der Waals surface area contributed by atoms with E-state index in [1.807, 2.05) is 72.2 Å². The Morgan fingerprint density at radius 2 is 1.02 bits per heavy atom. The molecule has 4 aliphatic heterocycles. The van der Waals surface area contributed by atoms with E-state index in [0.717, 1.165) is 96.9 Å². The monoisotopic (exact) mass is 905 g/mol. The van der Waals surface area contributed by atoms with Crippen molar-refractivity contribution in [2.24, 2.45) is 11.8 Å². The van der Waals surface area contributed by atoms with Crippen LogP contribution in [-0.2, 0) is 19.1 Å². The minimum absolute atomic E-state index is 0. The summed E-state index contributed by atoms with van der Waals surface area (Å²) in [5.74, 6) is 4.01. The number of morpholine rings is 2. The van der Waals surface area contributed by atoms with Crippen molar-refractivity contribution in [3.05, 3.63) is 60.9 Å². The Bertz CT molecular complexity index is 2390. The summed E-state index contributed by atoms with van der Waals surface area (Å²) < 4.78 is 11.4. The van der Waals surface area contributed by atoms with Crippen LogP contribution < -0.4 is 40.9 Å². The Balaban J connectivity index is 0.000000195. The number of benzene rings is 2. The van der Waals surface area contributed by atoms with Crippen molar-refractivity contribution < 1.29 is 34.4 Å². The lowest BCUT2D eigenvalue weighted by molar-refractivity contribution is -0.128. The van der Waals surface area contributed by atoms with Crippen LogP contribution in [0.5, 0.6) is 0 Å². The normalized spacial score (nSPS) is 24.2. The zero-order chi connectivity index (χ0) is 45.2. The SMILES string of the molecule is CC12COCCN1c1nc(-c3ccc(NC(=O)NC4CC4)cc3)ncc1N(CC1CC1)C2=O.C[C@@]12COCCN1c1nc(-c3ccc(NC(=O)NC4CC4)cc3)ncc1N(CC1CC1)C2=O.[HH].[HH].[HH].[HH]. The van der Waals surface area contributed by atoms with Crippen LogP contribution in [0.4, 0.5) is 44.0 Å². The van der Waals surface area contributed by atoms with Crippen LogP contribution in [0.15, 0.2) is 60.9 Å². The molecule has 2 aromatic carbocycles. The second-order valence-electron chi connectivity index (χ2n) is 19.4. The third-order valence-corrected chi connectivity index (χ3v) is 13.8. The molecule has 0 bridgehead atoms. The van der Waals surface area contributed by atoms with E-state index in [2.05, 4.69) is 41.0 Å². The zero-order valence-electron chi connectivity index (χ0n) is 37.4. The highest BCUT2D eigenvalue weighted by Gasteiger charge is 2.53. The highest BCUT2D eigenvalue weighted by molar-refractivity contribution is 6.09. The quantitative estimate of drug-likeness (QED) is 0.134. The molecule has 18 heteroatoms. The minimum Gasteiger partial charge on any atom is -0.377 e. The van der Waals surface area contributed by atoms with Gasteiger partial charge in [0.05, 0.1) is 38.8 Å². The fourth-order valence-corrected chi connectivity index (χ4v) is 9.17. The standard InChI is InChI=1S/2C24H28N6O3.4H2/c2*1-24-14-33-11-10-30(24)21-19(29(22(24)31)13-15-2-3-15)12-25-20(28-21)16-4-6-17(7-5-16)26-23(32)27-18-8-9-18;;;;/h2*4-7,12,15,18H,2-3,8-11,13-14H2,1H3,(H2,26,27,32);4*1H/t24-;;;;;/m0...../s1. The van der Waals surface area contributed by atoms with E-state index in [-0.39, 0.29) is 29.6 Å². The fraction of sp³-hybridized carbons (Fsp3) is 0.500. The topological polar surface area (TPSA) is 199 Å². The predicted octanol–water partition coefficient (Wildman–Crippen LogP) is 6.54. The number of hydrogen-bond donors (Lipinski definition) is 4. The lowest BCUT2D eigenvalue weighted by Gasteiger charge is -2.50. The molecular formula is C48H64N12O6. The van der Waals surface area contributed by atoms with Crippen LogP contribution in [-0.4, -0.2) is 120 Å². The summed E-state index contributed by atoms with van der Waals surface area (Å²) in [6.07, 6.45) is 12.4. The number of carbonyl (C=O) groups excluding carboxylic acids is 4. The molecule has 6 fully saturated rings. The molecule has 6 amide bonds. The Labute approximate surface area is 389 Å². The molecule has 0 spiro atoms. The van der Waals surface area contributed by atoms with E-state index < -0.39 is 11.1 Å². The predicted molar refractivity (Wildman–Crippen MR) is 257 cm³/mol. The number of carbonyl (C=O) groups is 4. The van der Waals surface area contributed by atoms with Gasteiger partial charge in [0.1, 0.15) is 22.5 Å². The molecule has 2 atom stereocenters. The second kappa shape index (κ2) is 16.8. The summed E-state index contributed by atoms with van der Waals surface area (Å²) in [5, 5.41) is 11.6. The summed E-state index contributed by atoms with van der Waals surface area (Å²) in [7, 11) is 0. The van der Waals surface area contributed by atoms with Gasteiger partial charge in [-0.15, -0.1) is 0 Å². The van der Waals surface area contributed by atoms with Gasteiger partial charge >= 0.3 is 12.1 Å². The van der Waals surface area contributed by atoms with Gasteiger partial charge in [0, 0.05) is 66.5 Å². The number of anilines is 6. The molecule has 8 aliphatic rings. The fourth-order valence-electron chi connectivity index (χ4n) is 9.17. The molecular weight excluding hydrogens is 841 g/mol. The highest BCUT2D eigenvalue weighted by atomic mass is 16.5. The molecule has 12 rings (SSSR count). The van der Waals surface area contributed by atoms with E-state index in [9.17, 15) is 19.2 Å². The average molecular weight is 905 g/mol. The molecule has 1 unspecified atom stereocenters. The number of amides is 6. The molecule has 6 heterocycles. The molecule has 2 aromatic heterocycles. The van der Waals surface area contributed by atoms with Gasteiger partial charge in [-0.25, -0.2) is 29.5 Å². The number of urea groups is 2. The number of nitrogens with zero attached hydrogens (tertiary/aromatic N) is 8. The van der Waals surface area contributed by atoms with Gasteiger partial charge in [-0.1, -0.05) is 0 Å². The third-order valence-electron chi connectivity index (χ3n) is 13.8.